The average Bonchev–Trinajstić information content (AvgIpc) is 3.13. The first kappa shape index (κ1) is 21.8. The lowest BCUT2D eigenvalue weighted by Gasteiger charge is -2.18. The van der Waals surface area contributed by atoms with Gasteiger partial charge in [-0.1, -0.05) is 42.8 Å². The van der Waals surface area contributed by atoms with Crippen LogP contribution < -0.4 is 10.9 Å². The van der Waals surface area contributed by atoms with Gasteiger partial charge in [0.2, 0.25) is 5.91 Å². The molecular formula is C24H24ClN5O2. The topological polar surface area (TPSA) is 81.8 Å². The number of amides is 1. The summed E-state index contributed by atoms with van der Waals surface area (Å²) in [6.07, 6.45) is 0.380. The molecule has 0 unspecified atom stereocenters. The SMILES string of the molecule is CC[C@H](C(=O)Nc1ccc(C)cc1Cl)n1nc(C)c2c(C)n(-c3ccccc3)nc2c1=O. The van der Waals surface area contributed by atoms with Crippen molar-refractivity contribution in [2.75, 3.05) is 5.32 Å². The molecule has 0 radical (unpaired) electrons. The number of anilines is 1. The molecule has 2 heterocycles. The summed E-state index contributed by atoms with van der Waals surface area (Å²) < 4.78 is 2.97. The Labute approximate surface area is 190 Å². The van der Waals surface area contributed by atoms with Crippen LogP contribution in [0.5, 0.6) is 0 Å². The third-order valence-electron chi connectivity index (χ3n) is 5.51. The molecule has 4 rings (SSSR count). The first-order chi connectivity index (χ1) is 15.3. The standard InChI is InChI=1S/C24H24ClN5O2/c1-5-20(23(31)26-19-12-11-14(2)13-18(19)25)30-24(32)22-21(15(3)27-30)16(4)29(28-22)17-9-7-6-8-10-17/h6-13,20H,5H2,1-4H3,(H,26,31)/t20-/m1/s1. The monoisotopic (exact) mass is 449 g/mol. The second-order valence-corrected chi connectivity index (χ2v) is 8.20. The molecule has 2 aromatic heterocycles. The maximum absolute atomic E-state index is 13.4. The second kappa shape index (κ2) is 8.59. The van der Waals surface area contributed by atoms with Crippen molar-refractivity contribution in [1.82, 2.24) is 19.6 Å². The first-order valence-corrected chi connectivity index (χ1v) is 10.8. The molecule has 7 nitrogen and oxygen atoms in total. The molecule has 32 heavy (non-hydrogen) atoms. The van der Waals surface area contributed by atoms with Crippen molar-refractivity contribution in [2.45, 2.75) is 40.2 Å². The van der Waals surface area contributed by atoms with Gasteiger partial charge in [0, 0.05) is 0 Å². The summed E-state index contributed by atoms with van der Waals surface area (Å²) in [5.41, 5.74) is 3.69. The summed E-state index contributed by atoms with van der Waals surface area (Å²) in [5, 5.41) is 13.0. The largest absolute Gasteiger partial charge is 0.323 e. The van der Waals surface area contributed by atoms with Crippen molar-refractivity contribution in [1.29, 1.82) is 0 Å². The molecule has 0 spiro atoms. The van der Waals surface area contributed by atoms with Gasteiger partial charge in [-0.15, -0.1) is 0 Å². The van der Waals surface area contributed by atoms with E-state index in [4.69, 9.17) is 11.6 Å². The zero-order valence-electron chi connectivity index (χ0n) is 18.4. The van der Waals surface area contributed by atoms with E-state index in [0.717, 1.165) is 16.9 Å². The Bertz CT molecular complexity index is 1370. The van der Waals surface area contributed by atoms with Crippen molar-refractivity contribution < 1.29 is 4.79 Å². The van der Waals surface area contributed by atoms with E-state index < -0.39 is 11.6 Å². The maximum atomic E-state index is 13.4. The second-order valence-electron chi connectivity index (χ2n) is 7.79. The van der Waals surface area contributed by atoms with Crippen LogP contribution >= 0.6 is 11.6 Å². The molecule has 4 aromatic rings. The molecule has 0 saturated heterocycles. The first-order valence-electron chi connectivity index (χ1n) is 10.4. The van der Waals surface area contributed by atoms with E-state index in [9.17, 15) is 9.59 Å². The molecule has 0 bridgehead atoms. The lowest BCUT2D eigenvalue weighted by Crippen LogP contribution is -2.35. The highest BCUT2D eigenvalue weighted by Gasteiger charge is 2.25. The van der Waals surface area contributed by atoms with E-state index in [2.05, 4.69) is 15.5 Å². The molecule has 164 valence electrons. The van der Waals surface area contributed by atoms with E-state index in [0.29, 0.717) is 33.7 Å². The van der Waals surface area contributed by atoms with E-state index in [-0.39, 0.29) is 5.91 Å². The number of hydrogen-bond acceptors (Lipinski definition) is 4. The number of aryl methyl sites for hydroxylation is 3. The number of carbonyl (C=O) groups excluding carboxylic acids is 1. The number of rotatable bonds is 5. The van der Waals surface area contributed by atoms with Crippen LogP contribution in [-0.4, -0.2) is 25.5 Å². The number of benzene rings is 2. The Hall–Kier alpha value is -3.45. The number of nitrogens with one attached hydrogen (secondary N) is 1. The van der Waals surface area contributed by atoms with Crippen LogP contribution in [0.4, 0.5) is 5.69 Å². The van der Waals surface area contributed by atoms with Crippen molar-refractivity contribution in [3.63, 3.8) is 0 Å². The third-order valence-corrected chi connectivity index (χ3v) is 5.83. The van der Waals surface area contributed by atoms with Crippen molar-refractivity contribution >= 4 is 34.1 Å². The van der Waals surface area contributed by atoms with Gasteiger partial charge in [0.05, 0.1) is 33.2 Å². The normalized spacial score (nSPS) is 12.2. The molecule has 0 fully saturated rings. The summed E-state index contributed by atoms with van der Waals surface area (Å²) in [7, 11) is 0. The van der Waals surface area contributed by atoms with Gasteiger partial charge in [-0.05, 0) is 57.0 Å². The summed E-state index contributed by atoms with van der Waals surface area (Å²) in [5.74, 6) is -0.356. The van der Waals surface area contributed by atoms with Crippen LogP contribution in [0, 0.1) is 20.8 Å². The third kappa shape index (κ3) is 3.80. The van der Waals surface area contributed by atoms with Crippen molar-refractivity contribution in [2.24, 2.45) is 0 Å². The summed E-state index contributed by atoms with van der Waals surface area (Å²) in [6, 6.07) is 14.2. The molecule has 0 saturated carbocycles. The highest BCUT2D eigenvalue weighted by molar-refractivity contribution is 6.33. The fourth-order valence-electron chi connectivity index (χ4n) is 3.89. The summed E-state index contributed by atoms with van der Waals surface area (Å²) in [4.78, 5) is 26.4. The van der Waals surface area contributed by atoms with Crippen molar-refractivity contribution in [3.05, 3.63) is 80.9 Å². The van der Waals surface area contributed by atoms with Gasteiger partial charge in [0.15, 0.2) is 5.52 Å². The van der Waals surface area contributed by atoms with Crippen LogP contribution in [0.2, 0.25) is 5.02 Å². The van der Waals surface area contributed by atoms with Crippen LogP contribution in [0.25, 0.3) is 16.6 Å². The van der Waals surface area contributed by atoms with Gasteiger partial charge in [0.25, 0.3) is 5.56 Å². The minimum absolute atomic E-state index is 0.290. The Morgan fingerprint density at radius 1 is 1.09 bits per heavy atom. The van der Waals surface area contributed by atoms with Gasteiger partial charge >= 0.3 is 0 Å². The molecule has 1 N–H and O–H groups in total. The molecule has 1 amide bonds. The highest BCUT2D eigenvalue weighted by atomic mass is 35.5. The number of hydrogen-bond donors (Lipinski definition) is 1. The maximum Gasteiger partial charge on any atom is 0.295 e. The van der Waals surface area contributed by atoms with Gasteiger partial charge in [-0.25, -0.2) is 9.36 Å². The fraction of sp³-hybridized carbons (Fsp3) is 0.250. The molecule has 8 heteroatoms. The summed E-state index contributed by atoms with van der Waals surface area (Å²) in [6.45, 7) is 7.49. The molecule has 0 aliphatic rings. The molecule has 0 aliphatic heterocycles. The van der Waals surface area contributed by atoms with Crippen LogP contribution in [-0.2, 0) is 4.79 Å². The lowest BCUT2D eigenvalue weighted by atomic mass is 10.1. The number of para-hydroxylation sites is 1. The van der Waals surface area contributed by atoms with Gasteiger partial charge in [-0.3, -0.25) is 9.59 Å². The number of halogens is 1. The van der Waals surface area contributed by atoms with Crippen molar-refractivity contribution in [3.8, 4) is 5.69 Å². The zero-order valence-corrected chi connectivity index (χ0v) is 19.1. The Kier molecular flexibility index (Phi) is 5.84. The molecule has 2 aromatic carbocycles. The molecule has 1 atom stereocenters. The highest BCUT2D eigenvalue weighted by Crippen LogP contribution is 2.25. The average molecular weight is 450 g/mol. The van der Waals surface area contributed by atoms with Crippen LogP contribution in [0.15, 0.2) is 53.3 Å². The minimum Gasteiger partial charge on any atom is -0.323 e. The zero-order chi connectivity index (χ0) is 23.0. The van der Waals surface area contributed by atoms with Gasteiger partial charge in [-0.2, -0.15) is 10.2 Å². The van der Waals surface area contributed by atoms with Gasteiger partial charge < -0.3 is 5.32 Å². The smallest absolute Gasteiger partial charge is 0.295 e. The number of nitrogens with zero attached hydrogens (tertiary/aromatic N) is 4. The molecule has 0 aliphatic carbocycles. The van der Waals surface area contributed by atoms with E-state index in [1.54, 1.807) is 16.8 Å². The Balaban J connectivity index is 1.78. The van der Waals surface area contributed by atoms with E-state index in [1.165, 1.54) is 4.68 Å². The van der Waals surface area contributed by atoms with Crippen LogP contribution in [0.3, 0.4) is 0 Å². The molecular weight excluding hydrogens is 426 g/mol. The predicted octanol–water partition coefficient (Wildman–Crippen LogP) is 4.75. The Morgan fingerprint density at radius 2 is 1.81 bits per heavy atom. The fourth-order valence-corrected chi connectivity index (χ4v) is 4.17. The number of aromatic nitrogens is 4. The van der Waals surface area contributed by atoms with E-state index in [1.807, 2.05) is 64.1 Å². The number of fused-ring (bicyclic) bond motifs is 1. The lowest BCUT2D eigenvalue weighted by molar-refractivity contribution is -0.119. The van der Waals surface area contributed by atoms with E-state index >= 15 is 0 Å². The minimum atomic E-state index is -0.801. The van der Waals surface area contributed by atoms with Crippen LogP contribution in [0.1, 0.15) is 36.3 Å². The predicted molar refractivity (Wildman–Crippen MR) is 127 cm³/mol. The summed E-state index contributed by atoms with van der Waals surface area (Å²) >= 11 is 6.27. The van der Waals surface area contributed by atoms with Gasteiger partial charge in [0.1, 0.15) is 6.04 Å². The Morgan fingerprint density at radius 3 is 2.47 bits per heavy atom. The quantitative estimate of drug-likeness (QED) is 0.476. The number of carbonyl (C=O) groups is 1.